The van der Waals surface area contributed by atoms with E-state index in [0.29, 0.717) is 16.5 Å². The van der Waals surface area contributed by atoms with Gasteiger partial charge in [-0.2, -0.15) is 0 Å². The molecule has 0 saturated carbocycles. The molecule has 2 amide bonds. The quantitative estimate of drug-likeness (QED) is 0.629. The van der Waals surface area contributed by atoms with Crippen molar-refractivity contribution in [1.82, 2.24) is 0 Å². The monoisotopic (exact) mass is 394 g/mol. The largest absolute Gasteiger partial charge is 0.467 e. The number of hydroxylamine groups is 1. The predicted octanol–water partition coefficient (Wildman–Crippen LogP) is 3.98. The molecule has 0 unspecified atom stereocenters. The summed E-state index contributed by atoms with van der Waals surface area (Å²) in [4.78, 5) is 33.5. The van der Waals surface area contributed by atoms with Crippen LogP contribution in [-0.2, 0) is 14.4 Å². The van der Waals surface area contributed by atoms with Crippen molar-refractivity contribution >= 4 is 34.8 Å². The number of fused-ring (bicyclic) bond motifs is 1. The number of para-hydroxylation sites is 1. The van der Waals surface area contributed by atoms with E-state index in [1.54, 1.807) is 47.7 Å². The van der Waals surface area contributed by atoms with Crippen LogP contribution in [0.5, 0.6) is 0 Å². The molecule has 28 heavy (non-hydrogen) atoms. The number of carbonyl (C=O) groups excluding carboxylic acids is 2. The number of halogens is 1. The first-order valence-corrected chi connectivity index (χ1v) is 9.21. The molecule has 3 heterocycles. The maximum Gasteiger partial charge on any atom is 0.266 e. The first kappa shape index (κ1) is 17.0. The van der Waals surface area contributed by atoms with Gasteiger partial charge in [0.2, 0.25) is 5.91 Å². The van der Waals surface area contributed by atoms with Crippen molar-refractivity contribution in [3.63, 3.8) is 0 Å². The van der Waals surface area contributed by atoms with E-state index in [9.17, 15) is 9.59 Å². The van der Waals surface area contributed by atoms with Gasteiger partial charge in [0.15, 0.2) is 6.10 Å². The minimum Gasteiger partial charge on any atom is -0.467 e. The second-order valence-electron chi connectivity index (χ2n) is 6.66. The number of nitrogens with zero attached hydrogens (tertiary/aromatic N) is 2. The van der Waals surface area contributed by atoms with E-state index in [0.717, 1.165) is 5.69 Å². The lowest BCUT2D eigenvalue weighted by Crippen LogP contribution is -2.37. The molecule has 0 radical (unpaired) electrons. The Kier molecular flexibility index (Phi) is 3.96. The van der Waals surface area contributed by atoms with Gasteiger partial charge in [0.05, 0.1) is 17.6 Å². The second kappa shape index (κ2) is 6.51. The van der Waals surface area contributed by atoms with Gasteiger partial charge in [-0.1, -0.05) is 29.8 Å². The summed E-state index contributed by atoms with van der Waals surface area (Å²) in [5, 5.41) is 2.13. The highest BCUT2D eigenvalue weighted by atomic mass is 35.5. The smallest absolute Gasteiger partial charge is 0.266 e. The average molecular weight is 395 g/mol. The summed E-state index contributed by atoms with van der Waals surface area (Å²) in [5.74, 6) is -0.866. The molecule has 2 saturated heterocycles. The standard InChI is InChI=1S/C21H15ClN2O4/c22-13-8-10-14(11-9-13)23-20(25)17-18(16-7-4-12-27-16)24(28-19(17)21(23)26)15-5-2-1-3-6-15/h1-12,17-19H/t17-,18-,19-/m0/s1. The van der Waals surface area contributed by atoms with Crippen LogP contribution >= 0.6 is 11.6 Å². The Labute approximate surface area is 165 Å². The molecule has 7 heteroatoms. The molecule has 0 bridgehead atoms. The summed E-state index contributed by atoms with van der Waals surface area (Å²) in [6, 6.07) is 18.9. The number of furan rings is 1. The molecule has 5 rings (SSSR count). The highest BCUT2D eigenvalue weighted by Crippen LogP contribution is 2.47. The second-order valence-corrected chi connectivity index (χ2v) is 7.10. The van der Waals surface area contributed by atoms with Crippen molar-refractivity contribution in [2.45, 2.75) is 12.1 Å². The highest BCUT2D eigenvalue weighted by molar-refractivity contribution is 6.31. The molecule has 0 spiro atoms. The summed E-state index contributed by atoms with van der Waals surface area (Å²) in [6.45, 7) is 0. The van der Waals surface area contributed by atoms with Crippen LogP contribution in [0.2, 0.25) is 5.02 Å². The summed E-state index contributed by atoms with van der Waals surface area (Å²) < 4.78 is 5.60. The van der Waals surface area contributed by atoms with Gasteiger partial charge in [0.25, 0.3) is 5.91 Å². The number of hydrogen-bond donors (Lipinski definition) is 0. The van der Waals surface area contributed by atoms with Gasteiger partial charge in [0, 0.05) is 5.02 Å². The minimum absolute atomic E-state index is 0.322. The van der Waals surface area contributed by atoms with Crippen LogP contribution in [0.3, 0.4) is 0 Å². The van der Waals surface area contributed by atoms with Gasteiger partial charge < -0.3 is 4.42 Å². The van der Waals surface area contributed by atoms with Gasteiger partial charge in [-0.05, 0) is 48.5 Å². The van der Waals surface area contributed by atoms with Gasteiger partial charge in [0.1, 0.15) is 17.7 Å². The van der Waals surface area contributed by atoms with Crippen LogP contribution in [0.25, 0.3) is 0 Å². The molecule has 2 aliphatic heterocycles. The van der Waals surface area contributed by atoms with Crippen molar-refractivity contribution in [2.75, 3.05) is 9.96 Å². The first-order valence-electron chi connectivity index (χ1n) is 8.83. The average Bonchev–Trinajstić information content (AvgIpc) is 3.42. The number of anilines is 2. The molecule has 2 fully saturated rings. The van der Waals surface area contributed by atoms with E-state index in [1.807, 2.05) is 30.3 Å². The molecule has 0 N–H and O–H groups in total. The van der Waals surface area contributed by atoms with Gasteiger partial charge in [-0.3, -0.25) is 14.4 Å². The lowest BCUT2D eigenvalue weighted by Gasteiger charge is -2.27. The predicted molar refractivity (Wildman–Crippen MR) is 103 cm³/mol. The molecule has 3 atom stereocenters. The third kappa shape index (κ3) is 2.53. The molecule has 3 aromatic rings. The summed E-state index contributed by atoms with van der Waals surface area (Å²) in [5.41, 5.74) is 1.22. The van der Waals surface area contributed by atoms with Crippen molar-refractivity contribution in [3.05, 3.63) is 83.8 Å². The summed E-state index contributed by atoms with van der Waals surface area (Å²) in [6.07, 6.45) is 0.628. The van der Waals surface area contributed by atoms with Gasteiger partial charge in [-0.25, -0.2) is 9.96 Å². The van der Waals surface area contributed by atoms with Crippen LogP contribution in [0, 0.1) is 5.92 Å². The zero-order chi connectivity index (χ0) is 19.3. The maximum atomic E-state index is 13.3. The normalized spacial score (nSPS) is 24.1. The zero-order valence-corrected chi connectivity index (χ0v) is 15.3. The van der Waals surface area contributed by atoms with Crippen molar-refractivity contribution in [1.29, 1.82) is 0 Å². The van der Waals surface area contributed by atoms with E-state index in [1.165, 1.54) is 4.90 Å². The fourth-order valence-corrected chi connectivity index (χ4v) is 3.93. The SMILES string of the molecule is O=C1[C@@H]2[C@H](ON(c3ccccc3)[C@H]2c2ccco2)C(=O)N1c1ccc(Cl)cc1. The number of imide groups is 1. The molecule has 6 nitrogen and oxygen atoms in total. The van der Waals surface area contributed by atoms with E-state index in [-0.39, 0.29) is 5.91 Å². The van der Waals surface area contributed by atoms with E-state index in [2.05, 4.69) is 0 Å². The van der Waals surface area contributed by atoms with Crippen LogP contribution in [0.1, 0.15) is 11.8 Å². The fraction of sp³-hybridized carbons (Fsp3) is 0.143. The third-order valence-electron chi connectivity index (χ3n) is 5.05. The number of carbonyl (C=O) groups is 2. The molecule has 2 aliphatic rings. The number of hydrogen-bond acceptors (Lipinski definition) is 5. The lowest BCUT2D eigenvalue weighted by atomic mass is 9.94. The molecule has 1 aromatic heterocycles. The van der Waals surface area contributed by atoms with Crippen LogP contribution < -0.4 is 9.96 Å². The van der Waals surface area contributed by atoms with E-state index in [4.69, 9.17) is 20.9 Å². The Morgan fingerprint density at radius 2 is 1.57 bits per heavy atom. The highest BCUT2D eigenvalue weighted by Gasteiger charge is 2.61. The molecular formula is C21H15ClN2O4. The number of benzene rings is 2. The topological polar surface area (TPSA) is 63.0 Å². The summed E-state index contributed by atoms with van der Waals surface area (Å²) in [7, 11) is 0. The number of rotatable bonds is 3. The van der Waals surface area contributed by atoms with Gasteiger partial charge in [-0.15, -0.1) is 0 Å². The van der Waals surface area contributed by atoms with Gasteiger partial charge >= 0.3 is 0 Å². The summed E-state index contributed by atoms with van der Waals surface area (Å²) >= 11 is 5.93. The Balaban J connectivity index is 1.56. The fourth-order valence-electron chi connectivity index (χ4n) is 3.81. The Morgan fingerprint density at radius 3 is 2.25 bits per heavy atom. The van der Waals surface area contributed by atoms with E-state index < -0.39 is 24.0 Å². The molecular weight excluding hydrogens is 380 g/mol. The van der Waals surface area contributed by atoms with Crippen molar-refractivity contribution < 1.29 is 18.8 Å². The Hall–Kier alpha value is -3.09. The first-order chi connectivity index (χ1) is 13.6. The minimum atomic E-state index is -0.918. The molecule has 2 aromatic carbocycles. The Bertz CT molecular complexity index is 1020. The van der Waals surface area contributed by atoms with Crippen molar-refractivity contribution in [2.24, 2.45) is 5.92 Å². The molecule has 140 valence electrons. The molecule has 0 aliphatic carbocycles. The Morgan fingerprint density at radius 1 is 0.821 bits per heavy atom. The van der Waals surface area contributed by atoms with Crippen LogP contribution in [0.4, 0.5) is 11.4 Å². The lowest BCUT2D eigenvalue weighted by molar-refractivity contribution is -0.126. The van der Waals surface area contributed by atoms with Crippen LogP contribution in [0.15, 0.2) is 77.4 Å². The third-order valence-corrected chi connectivity index (χ3v) is 5.30. The maximum absolute atomic E-state index is 13.3. The number of amides is 2. The van der Waals surface area contributed by atoms with Crippen molar-refractivity contribution in [3.8, 4) is 0 Å². The van der Waals surface area contributed by atoms with E-state index >= 15 is 0 Å². The zero-order valence-electron chi connectivity index (χ0n) is 14.6. The van der Waals surface area contributed by atoms with Crippen LogP contribution in [-0.4, -0.2) is 17.9 Å².